The van der Waals surface area contributed by atoms with Crippen molar-refractivity contribution in [1.29, 1.82) is 0 Å². The smallest absolute Gasteiger partial charge is 0.872 e. The molecule has 4 aromatic carbocycles. The molecular formula is C36H44O4Ti. The average Bonchev–Trinajstić information content (AvgIpc) is 2.84. The van der Waals surface area contributed by atoms with Gasteiger partial charge in [-0.3, -0.25) is 0 Å². The topological polar surface area (TPSA) is 92.2 Å². The first-order valence-electron chi connectivity index (χ1n) is 13.4. The van der Waals surface area contributed by atoms with Gasteiger partial charge in [0.2, 0.25) is 0 Å². The van der Waals surface area contributed by atoms with E-state index in [-0.39, 0.29) is 44.7 Å². The molecule has 0 aliphatic rings. The molecular weight excluding hydrogens is 544 g/mol. The monoisotopic (exact) mass is 588 g/mol. The Morgan fingerprint density at radius 1 is 0.268 bits per heavy atom. The fourth-order valence-electron chi connectivity index (χ4n) is 4.67. The molecule has 0 radical (unpaired) electrons. The van der Waals surface area contributed by atoms with Crippen molar-refractivity contribution in [1.82, 2.24) is 0 Å². The van der Waals surface area contributed by atoms with Crippen LogP contribution in [0, 0.1) is 83.1 Å². The van der Waals surface area contributed by atoms with E-state index < -0.39 is 0 Å². The number of aryl methyl sites for hydroxylation is 12. The SMILES string of the molecule is Cc1cc(C)c([O-])c(C)c1.Cc1cc(C)c([O-])c(C)c1.Cc1cc(C)c([O-])c(C)c1.Cc1cc(C)c([O-])c(C)c1.[Ti+4]. The van der Waals surface area contributed by atoms with Crippen LogP contribution in [0.5, 0.6) is 23.0 Å². The van der Waals surface area contributed by atoms with Crippen molar-refractivity contribution in [2.24, 2.45) is 0 Å². The molecule has 0 unspecified atom stereocenters. The summed E-state index contributed by atoms with van der Waals surface area (Å²) in [5.74, 6) is 0.687. The predicted octanol–water partition coefficient (Wildman–Crippen LogP) is 6.74. The van der Waals surface area contributed by atoms with Crippen molar-refractivity contribution in [2.45, 2.75) is 83.1 Å². The van der Waals surface area contributed by atoms with Crippen LogP contribution in [0.4, 0.5) is 0 Å². The largest absolute Gasteiger partial charge is 4.00 e. The summed E-state index contributed by atoms with van der Waals surface area (Å²) in [4.78, 5) is 0. The fourth-order valence-corrected chi connectivity index (χ4v) is 4.67. The van der Waals surface area contributed by atoms with Crippen molar-refractivity contribution in [3.63, 3.8) is 0 Å². The Hall–Kier alpha value is -3.21. The second kappa shape index (κ2) is 16.9. The molecule has 0 bridgehead atoms. The second-order valence-corrected chi connectivity index (χ2v) is 10.9. The van der Waals surface area contributed by atoms with Crippen LogP contribution in [-0.2, 0) is 21.7 Å². The van der Waals surface area contributed by atoms with Crippen LogP contribution >= 0.6 is 0 Å². The van der Waals surface area contributed by atoms with E-state index in [0.29, 0.717) is 0 Å². The average molecular weight is 589 g/mol. The number of hydrogen-bond acceptors (Lipinski definition) is 4. The van der Waals surface area contributed by atoms with E-state index in [1.54, 1.807) is 0 Å². The number of benzene rings is 4. The molecule has 0 saturated heterocycles. The van der Waals surface area contributed by atoms with Crippen LogP contribution < -0.4 is 20.4 Å². The quantitative estimate of drug-likeness (QED) is 0.213. The summed E-state index contributed by atoms with van der Waals surface area (Å²) in [5, 5.41) is 44.5. The first kappa shape index (κ1) is 37.8. The first-order chi connectivity index (χ1) is 18.4. The van der Waals surface area contributed by atoms with Gasteiger partial charge in [0, 0.05) is 0 Å². The zero-order chi connectivity index (χ0) is 30.9. The summed E-state index contributed by atoms with van der Waals surface area (Å²) < 4.78 is 0. The van der Waals surface area contributed by atoms with E-state index in [0.717, 1.165) is 66.8 Å². The van der Waals surface area contributed by atoms with E-state index >= 15 is 0 Å². The number of hydrogen-bond donors (Lipinski definition) is 0. The van der Waals surface area contributed by atoms with Gasteiger partial charge in [-0.05, 0) is 83.1 Å². The summed E-state index contributed by atoms with van der Waals surface area (Å²) in [6, 6.07) is 15.3. The zero-order valence-electron chi connectivity index (χ0n) is 26.8. The summed E-state index contributed by atoms with van der Waals surface area (Å²) in [5.41, 5.74) is 11.4. The third-order valence-corrected chi connectivity index (χ3v) is 6.42. The molecule has 0 heterocycles. The molecule has 0 aromatic heterocycles. The molecule has 0 saturated carbocycles. The van der Waals surface area contributed by atoms with Gasteiger partial charge in [0.05, 0.1) is 0 Å². The van der Waals surface area contributed by atoms with E-state index in [1.807, 2.05) is 132 Å². The summed E-state index contributed by atoms with van der Waals surface area (Å²) in [6.45, 7) is 22.8. The molecule has 0 spiro atoms. The Labute approximate surface area is 262 Å². The fraction of sp³-hybridized carbons (Fsp3) is 0.333. The standard InChI is InChI=1S/4C9H12O.Ti/c4*1-6-4-7(2)9(10)8(3)5-6;/h4*4-5,10H,1-3H3;/q;;;;+4/p-4. The third kappa shape index (κ3) is 12.1. The Morgan fingerprint density at radius 2 is 0.366 bits per heavy atom. The maximum absolute atomic E-state index is 11.1. The van der Waals surface area contributed by atoms with E-state index in [9.17, 15) is 20.4 Å². The molecule has 0 atom stereocenters. The molecule has 4 rings (SSSR count). The van der Waals surface area contributed by atoms with Gasteiger partial charge in [-0.15, -0.1) is 23.0 Å². The van der Waals surface area contributed by atoms with Gasteiger partial charge >= 0.3 is 21.7 Å². The van der Waals surface area contributed by atoms with E-state index in [1.165, 1.54) is 0 Å². The van der Waals surface area contributed by atoms with Crippen LogP contribution in [0.25, 0.3) is 0 Å². The minimum atomic E-state index is 0. The molecule has 216 valence electrons. The van der Waals surface area contributed by atoms with Crippen molar-refractivity contribution in [3.05, 3.63) is 115 Å². The molecule has 0 aliphatic carbocycles. The summed E-state index contributed by atoms with van der Waals surface area (Å²) in [6.07, 6.45) is 0. The van der Waals surface area contributed by atoms with Gasteiger partial charge in [0.15, 0.2) is 0 Å². The zero-order valence-corrected chi connectivity index (χ0v) is 28.3. The predicted molar refractivity (Wildman–Crippen MR) is 160 cm³/mol. The maximum Gasteiger partial charge on any atom is 4.00 e. The number of rotatable bonds is 0. The van der Waals surface area contributed by atoms with Gasteiger partial charge in [-0.25, -0.2) is 0 Å². The van der Waals surface area contributed by atoms with Gasteiger partial charge in [0.25, 0.3) is 0 Å². The first-order valence-corrected chi connectivity index (χ1v) is 13.4. The van der Waals surface area contributed by atoms with Crippen molar-refractivity contribution in [2.75, 3.05) is 0 Å². The Kier molecular flexibility index (Phi) is 15.6. The molecule has 41 heavy (non-hydrogen) atoms. The molecule has 4 nitrogen and oxygen atoms in total. The molecule has 0 N–H and O–H groups in total. The van der Waals surface area contributed by atoms with Crippen LogP contribution in [0.2, 0.25) is 0 Å². The van der Waals surface area contributed by atoms with Crippen LogP contribution in [0.1, 0.15) is 66.8 Å². The minimum Gasteiger partial charge on any atom is -0.872 e. The second-order valence-electron chi connectivity index (χ2n) is 10.9. The minimum absolute atomic E-state index is 0. The van der Waals surface area contributed by atoms with Gasteiger partial charge in [-0.1, -0.05) is 115 Å². The Balaban J connectivity index is 0.000000516. The Morgan fingerprint density at radius 3 is 0.463 bits per heavy atom. The van der Waals surface area contributed by atoms with Gasteiger partial charge in [0.1, 0.15) is 0 Å². The molecule has 0 fully saturated rings. The van der Waals surface area contributed by atoms with Crippen LogP contribution in [0.3, 0.4) is 0 Å². The van der Waals surface area contributed by atoms with Crippen LogP contribution in [-0.4, -0.2) is 0 Å². The van der Waals surface area contributed by atoms with Gasteiger partial charge < -0.3 is 20.4 Å². The van der Waals surface area contributed by atoms with E-state index in [4.69, 9.17) is 0 Å². The molecule has 4 aromatic rings. The third-order valence-electron chi connectivity index (χ3n) is 6.42. The molecule has 0 amide bonds. The van der Waals surface area contributed by atoms with Crippen LogP contribution in [0.15, 0.2) is 48.5 Å². The Bertz CT molecular complexity index is 1140. The summed E-state index contributed by atoms with van der Waals surface area (Å²) >= 11 is 0. The molecule has 0 aliphatic heterocycles. The summed E-state index contributed by atoms with van der Waals surface area (Å²) in [7, 11) is 0. The van der Waals surface area contributed by atoms with Crippen molar-refractivity contribution in [3.8, 4) is 23.0 Å². The normalized spacial score (nSPS) is 9.66. The van der Waals surface area contributed by atoms with E-state index in [2.05, 4.69) is 0 Å². The van der Waals surface area contributed by atoms with Crippen molar-refractivity contribution < 1.29 is 42.1 Å². The van der Waals surface area contributed by atoms with Crippen molar-refractivity contribution >= 4 is 0 Å². The van der Waals surface area contributed by atoms with Gasteiger partial charge in [-0.2, -0.15) is 0 Å². The molecule has 5 heteroatoms. The maximum atomic E-state index is 11.1.